The fraction of sp³-hybridized carbons (Fsp3) is 0.316. The van der Waals surface area contributed by atoms with E-state index in [-0.39, 0.29) is 17.9 Å². The van der Waals surface area contributed by atoms with Crippen molar-refractivity contribution in [1.29, 1.82) is 0 Å². The zero-order valence-electron chi connectivity index (χ0n) is 14.0. The van der Waals surface area contributed by atoms with Gasteiger partial charge in [-0.2, -0.15) is 0 Å². The number of aromatic amines is 1. The molecule has 1 atom stereocenters. The monoisotopic (exact) mass is 353 g/mol. The molecule has 0 saturated heterocycles. The number of nitrogens with zero attached hydrogens (tertiary/aromatic N) is 1. The van der Waals surface area contributed by atoms with Gasteiger partial charge in [-0.3, -0.25) is 9.59 Å². The highest BCUT2D eigenvalue weighted by molar-refractivity contribution is 7.18. The first kappa shape index (κ1) is 16.0. The summed E-state index contributed by atoms with van der Waals surface area (Å²) < 4.78 is 0. The minimum atomic E-state index is -0.191. The first-order valence-electron chi connectivity index (χ1n) is 8.48. The molecule has 0 fully saturated rings. The summed E-state index contributed by atoms with van der Waals surface area (Å²) in [5.74, 6) is 0.872. The van der Waals surface area contributed by atoms with E-state index in [9.17, 15) is 9.59 Å². The van der Waals surface area contributed by atoms with Gasteiger partial charge in [-0.1, -0.05) is 25.1 Å². The van der Waals surface area contributed by atoms with Gasteiger partial charge in [0.25, 0.3) is 5.56 Å². The molecule has 1 aliphatic rings. The van der Waals surface area contributed by atoms with Crippen molar-refractivity contribution < 1.29 is 4.79 Å². The van der Waals surface area contributed by atoms with Crippen LogP contribution in [-0.2, 0) is 24.1 Å². The number of aryl methyl sites for hydroxylation is 1. The Bertz CT molecular complexity index is 991. The molecule has 4 rings (SSSR count). The average molecular weight is 353 g/mol. The van der Waals surface area contributed by atoms with E-state index >= 15 is 0 Å². The van der Waals surface area contributed by atoms with Crippen LogP contribution in [0.5, 0.6) is 0 Å². The third kappa shape index (κ3) is 3.22. The van der Waals surface area contributed by atoms with E-state index in [1.807, 2.05) is 30.3 Å². The number of amides is 1. The second-order valence-electron chi connectivity index (χ2n) is 6.64. The molecule has 2 heterocycles. The Balaban J connectivity index is 1.61. The highest BCUT2D eigenvalue weighted by Gasteiger charge is 2.23. The Morgan fingerprint density at radius 2 is 2.16 bits per heavy atom. The van der Waals surface area contributed by atoms with Crippen molar-refractivity contribution in [2.45, 2.75) is 32.6 Å². The average Bonchev–Trinajstić information content (AvgIpc) is 2.93. The number of benzene rings is 1. The second-order valence-corrected chi connectivity index (χ2v) is 7.72. The number of carbonyl (C=O) groups excluding carboxylic acids is 1. The topological polar surface area (TPSA) is 74.8 Å². The molecule has 3 aromatic rings. The lowest BCUT2D eigenvalue weighted by Gasteiger charge is -2.17. The van der Waals surface area contributed by atoms with Crippen LogP contribution in [0.15, 0.2) is 35.1 Å². The quantitative estimate of drug-likeness (QED) is 0.759. The van der Waals surface area contributed by atoms with Gasteiger partial charge in [0.15, 0.2) is 0 Å². The summed E-state index contributed by atoms with van der Waals surface area (Å²) in [6.45, 7) is 2.24. The summed E-state index contributed by atoms with van der Waals surface area (Å²) in [6, 6.07) is 9.26. The molecule has 25 heavy (non-hydrogen) atoms. The SMILES string of the molecule is CC1CCc2c(sc3nc(CC(=O)Nc4ccccc4)[nH]c(=O)c23)C1. The molecule has 1 aromatic carbocycles. The minimum Gasteiger partial charge on any atom is -0.326 e. The number of hydrogen-bond donors (Lipinski definition) is 2. The van der Waals surface area contributed by atoms with Crippen LogP contribution in [0, 0.1) is 5.92 Å². The number of fused-ring (bicyclic) bond motifs is 3. The van der Waals surface area contributed by atoms with Crippen LogP contribution in [0.2, 0.25) is 0 Å². The Morgan fingerprint density at radius 3 is 2.96 bits per heavy atom. The number of H-pyrrole nitrogens is 1. The van der Waals surface area contributed by atoms with Gasteiger partial charge in [0.2, 0.25) is 5.91 Å². The van der Waals surface area contributed by atoms with E-state index < -0.39 is 0 Å². The predicted molar refractivity (Wildman–Crippen MR) is 100 cm³/mol. The van der Waals surface area contributed by atoms with Gasteiger partial charge in [0.05, 0.1) is 11.8 Å². The van der Waals surface area contributed by atoms with E-state index in [2.05, 4.69) is 22.2 Å². The van der Waals surface area contributed by atoms with Gasteiger partial charge in [0.1, 0.15) is 10.7 Å². The highest BCUT2D eigenvalue weighted by Crippen LogP contribution is 2.35. The summed E-state index contributed by atoms with van der Waals surface area (Å²) in [5, 5.41) is 3.54. The Hall–Kier alpha value is -2.47. The number of para-hydroxylation sites is 1. The number of hydrogen-bond acceptors (Lipinski definition) is 4. The number of nitrogens with one attached hydrogen (secondary N) is 2. The van der Waals surface area contributed by atoms with E-state index in [0.717, 1.165) is 40.7 Å². The van der Waals surface area contributed by atoms with Crippen LogP contribution < -0.4 is 10.9 Å². The maximum atomic E-state index is 12.5. The van der Waals surface area contributed by atoms with Crippen molar-refractivity contribution in [3.8, 4) is 0 Å². The minimum absolute atomic E-state index is 0.0546. The van der Waals surface area contributed by atoms with Crippen LogP contribution in [0.1, 0.15) is 29.6 Å². The number of carbonyl (C=O) groups is 1. The second kappa shape index (κ2) is 6.44. The number of aromatic nitrogens is 2. The molecule has 0 spiro atoms. The molecule has 128 valence electrons. The van der Waals surface area contributed by atoms with Gasteiger partial charge in [-0.05, 0) is 42.9 Å². The summed E-state index contributed by atoms with van der Waals surface area (Å²) in [7, 11) is 0. The molecule has 6 heteroatoms. The third-order valence-electron chi connectivity index (χ3n) is 4.60. The lowest BCUT2D eigenvalue weighted by atomic mass is 9.89. The largest absolute Gasteiger partial charge is 0.326 e. The van der Waals surface area contributed by atoms with E-state index in [0.29, 0.717) is 11.7 Å². The molecule has 1 amide bonds. The smallest absolute Gasteiger partial charge is 0.259 e. The van der Waals surface area contributed by atoms with Crippen LogP contribution in [0.25, 0.3) is 10.2 Å². The molecule has 1 aliphatic carbocycles. The molecular weight excluding hydrogens is 334 g/mol. The van der Waals surface area contributed by atoms with Crippen molar-refractivity contribution in [3.05, 3.63) is 57.0 Å². The number of thiophene rings is 1. The summed E-state index contributed by atoms with van der Waals surface area (Å²) in [5.41, 5.74) is 1.77. The predicted octanol–water partition coefficient (Wildman–Crippen LogP) is 3.29. The molecule has 0 aliphatic heterocycles. The van der Waals surface area contributed by atoms with E-state index in [1.165, 1.54) is 4.88 Å². The number of anilines is 1. The normalized spacial score (nSPS) is 16.6. The fourth-order valence-corrected chi connectivity index (χ4v) is 4.76. The summed E-state index contributed by atoms with van der Waals surface area (Å²) in [6.07, 6.45) is 3.12. The molecule has 1 unspecified atom stereocenters. The molecular formula is C19H19N3O2S. The Kier molecular flexibility index (Phi) is 4.13. The molecule has 2 aromatic heterocycles. The molecule has 5 nitrogen and oxygen atoms in total. The van der Waals surface area contributed by atoms with Crippen molar-refractivity contribution >= 4 is 33.1 Å². The Labute approximate surface area is 149 Å². The lowest BCUT2D eigenvalue weighted by Crippen LogP contribution is -2.20. The van der Waals surface area contributed by atoms with Gasteiger partial charge in [-0.15, -0.1) is 11.3 Å². The zero-order valence-corrected chi connectivity index (χ0v) is 14.8. The van der Waals surface area contributed by atoms with Crippen LogP contribution in [-0.4, -0.2) is 15.9 Å². The van der Waals surface area contributed by atoms with Crippen LogP contribution in [0.4, 0.5) is 5.69 Å². The van der Waals surface area contributed by atoms with Crippen molar-refractivity contribution in [1.82, 2.24) is 9.97 Å². The van der Waals surface area contributed by atoms with Crippen LogP contribution in [0.3, 0.4) is 0 Å². The van der Waals surface area contributed by atoms with Crippen molar-refractivity contribution in [2.24, 2.45) is 5.92 Å². The van der Waals surface area contributed by atoms with Gasteiger partial charge >= 0.3 is 0 Å². The van der Waals surface area contributed by atoms with Crippen molar-refractivity contribution in [3.63, 3.8) is 0 Å². The zero-order chi connectivity index (χ0) is 17.4. The van der Waals surface area contributed by atoms with Gasteiger partial charge in [-0.25, -0.2) is 4.98 Å². The van der Waals surface area contributed by atoms with Gasteiger partial charge < -0.3 is 10.3 Å². The first-order chi connectivity index (χ1) is 12.1. The maximum Gasteiger partial charge on any atom is 0.259 e. The highest BCUT2D eigenvalue weighted by atomic mass is 32.1. The summed E-state index contributed by atoms with van der Waals surface area (Å²) in [4.78, 5) is 34.1. The Morgan fingerprint density at radius 1 is 1.36 bits per heavy atom. The molecule has 0 bridgehead atoms. The molecule has 0 saturated carbocycles. The number of rotatable bonds is 3. The van der Waals surface area contributed by atoms with Crippen LogP contribution >= 0.6 is 11.3 Å². The standard InChI is InChI=1S/C19H19N3O2S/c1-11-7-8-13-14(9-11)25-19-17(13)18(24)21-15(22-19)10-16(23)20-12-5-3-2-4-6-12/h2-6,11H,7-10H2,1H3,(H,20,23)(H,21,22,24). The molecule has 2 N–H and O–H groups in total. The summed E-state index contributed by atoms with van der Waals surface area (Å²) >= 11 is 1.60. The lowest BCUT2D eigenvalue weighted by molar-refractivity contribution is -0.115. The molecule has 0 radical (unpaired) electrons. The van der Waals surface area contributed by atoms with E-state index in [1.54, 1.807) is 11.3 Å². The van der Waals surface area contributed by atoms with E-state index in [4.69, 9.17) is 0 Å². The van der Waals surface area contributed by atoms with Gasteiger partial charge in [0, 0.05) is 10.6 Å². The van der Waals surface area contributed by atoms with Crippen molar-refractivity contribution in [2.75, 3.05) is 5.32 Å². The maximum absolute atomic E-state index is 12.5. The first-order valence-corrected chi connectivity index (χ1v) is 9.30. The third-order valence-corrected chi connectivity index (χ3v) is 5.75. The fourth-order valence-electron chi connectivity index (χ4n) is 3.36.